The van der Waals surface area contributed by atoms with Gasteiger partial charge in [0.1, 0.15) is 24.9 Å². The van der Waals surface area contributed by atoms with Crippen molar-refractivity contribution in [1.29, 1.82) is 0 Å². The van der Waals surface area contributed by atoms with Crippen LogP contribution >= 0.6 is 0 Å². The number of nitrogens with zero attached hydrogens (tertiary/aromatic N) is 4. The van der Waals surface area contributed by atoms with Gasteiger partial charge in [0.15, 0.2) is 11.5 Å². The van der Waals surface area contributed by atoms with Crippen LogP contribution in [0.3, 0.4) is 0 Å². The van der Waals surface area contributed by atoms with Crippen LogP contribution < -0.4 is 5.56 Å². The summed E-state index contributed by atoms with van der Waals surface area (Å²) in [7, 11) is 1.47. The van der Waals surface area contributed by atoms with Crippen LogP contribution in [0.1, 0.15) is 17.0 Å². The van der Waals surface area contributed by atoms with E-state index in [2.05, 4.69) is 15.1 Å². The quantitative estimate of drug-likeness (QED) is 0.366. The van der Waals surface area contributed by atoms with E-state index in [-0.39, 0.29) is 30.6 Å². The van der Waals surface area contributed by atoms with Crippen LogP contribution in [0, 0.1) is 13.8 Å². The molecule has 0 radical (unpaired) electrons. The molecular formula is C19H24N4O7. The Morgan fingerprint density at radius 1 is 1.13 bits per heavy atom. The lowest BCUT2D eigenvalue weighted by atomic mass is 10.1. The Labute approximate surface area is 171 Å². The molecule has 0 fully saturated rings. The van der Waals surface area contributed by atoms with E-state index >= 15 is 0 Å². The van der Waals surface area contributed by atoms with Gasteiger partial charge in [-0.05, 0) is 37.1 Å². The van der Waals surface area contributed by atoms with E-state index in [0.29, 0.717) is 11.0 Å². The summed E-state index contributed by atoms with van der Waals surface area (Å²) in [5, 5.41) is 42.7. The lowest BCUT2D eigenvalue weighted by molar-refractivity contribution is -0.0805. The smallest absolute Gasteiger partial charge is 0.282 e. The van der Waals surface area contributed by atoms with Gasteiger partial charge < -0.3 is 34.3 Å². The average Bonchev–Trinajstić information content (AvgIpc) is 3.18. The van der Waals surface area contributed by atoms with Crippen LogP contribution in [0.5, 0.6) is 0 Å². The summed E-state index contributed by atoms with van der Waals surface area (Å²) in [6, 6.07) is 3.52. The zero-order chi connectivity index (χ0) is 22.0. The van der Waals surface area contributed by atoms with Gasteiger partial charge in [-0.25, -0.2) is 4.98 Å². The number of benzene rings is 1. The van der Waals surface area contributed by atoms with Gasteiger partial charge in [0.25, 0.3) is 11.4 Å². The Morgan fingerprint density at radius 2 is 1.83 bits per heavy atom. The minimum Gasteiger partial charge on any atom is -0.394 e. The molecule has 0 amide bonds. The molecule has 30 heavy (non-hydrogen) atoms. The molecule has 3 aromatic rings. The Balaban J connectivity index is 2.16. The topological polar surface area (TPSA) is 164 Å². The standard InChI is InChI=1S/C19H24N4O7/c1-9-4-11-12(5-10(9)2)23(6-13(25)17(27)14(26)7-24)19(28)16(20-11)18-21-15(8-29-3)22-30-18/h4-5,13-14,17,24-27H,6-8H2,1-3H3/t13-,14+,17-/m0/s1. The number of methoxy groups -OCH3 is 1. The normalized spacial score (nSPS) is 14.8. The highest BCUT2D eigenvalue weighted by atomic mass is 16.5. The molecule has 2 aromatic heterocycles. The van der Waals surface area contributed by atoms with Crippen molar-refractivity contribution in [3.63, 3.8) is 0 Å². The van der Waals surface area contributed by atoms with Crippen LogP contribution in [0.15, 0.2) is 21.5 Å². The predicted molar refractivity (Wildman–Crippen MR) is 105 cm³/mol. The third-order valence-corrected chi connectivity index (χ3v) is 4.85. The van der Waals surface area contributed by atoms with Crippen LogP contribution in [0.4, 0.5) is 0 Å². The molecule has 11 nitrogen and oxygen atoms in total. The molecule has 2 heterocycles. The number of aromatic nitrogens is 4. The molecule has 0 aliphatic rings. The van der Waals surface area contributed by atoms with Gasteiger partial charge in [0, 0.05) is 7.11 Å². The lowest BCUT2D eigenvalue weighted by Gasteiger charge is -2.23. The molecule has 0 saturated carbocycles. The maximum atomic E-state index is 13.2. The van der Waals surface area contributed by atoms with Crippen molar-refractivity contribution in [3.8, 4) is 11.6 Å². The third kappa shape index (κ3) is 4.25. The largest absolute Gasteiger partial charge is 0.394 e. The second kappa shape index (κ2) is 8.98. The molecule has 11 heteroatoms. The van der Waals surface area contributed by atoms with E-state index in [9.17, 15) is 20.1 Å². The van der Waals surface area contributed by atoms with E-state index in [4.69, 9.17) is 14.4 Å². The molecule has 3 atom stereocenters. The number of fused-ring (bicyclic) bond motifs is 1. The monoisotopic (exact) mass is 420 g/mol. The summed E-state index contributed by atoms with van der Waals surface area (Å²) in [6.45, 7) is 2.76. The fourth-order valence-electron chi connectivity index (χ4n) is 3.01. The highest BCUT2D eigenvalue weighted by Crippen LogP contribution is 2.21. The van der Waals surface area contributed by atoms with Crippen molar-refractivity contribution in [1.82, 2.24) is 19.7 Å². The van der Waals surface area contributed by atoms with Crippen molar-refractivity contribution in [2.75, 3.05) is 13.7 Å². The molecule has 0 bridgehead atoms. The fourth-order valence-corrected chi connectivity index (χ4v) is 3.01. The van der Waals surface area contributed by atoms with Crippen LogP contribution in [0.2, 0.25) is 0 Å². The molecule has 0 unspecified atom stereocenters. The number of rotatable bonds is 8. The molecular weight excluding hydrogens is 396 g/mol. The Bertz CT molecular complexity index is 1090. The van der Waals surface area contributed by atoms with Crippen molar-refractivity contribution in [2.24, 2.45) is 0 Å². The summed E-state index contributed by atoms with van der Waals surface area (Å²) < 4.78 is 11.3. The minimum atomic E-state index is -1.66. The number of ether oxygens (including phenoxy) is 1. The minimum absolute atomic E-state index is 0.0908. The predicted octanol–water partition coefficient (Wildman–Crippen LogP) is -0.715. The first-order chi connectivity index (χ1) is 14.3. The van der Waals surface area contributed by atoms with Crippen molar-refractivity contribution in [3.05, 3.63) is 39.4 Å². The maximum Gasteiger partial charge on any atom is 0.282 e. The van der Waals surface area contributed by atoms with Gasteiger partial charge in [-0.1, -0.05) is 5.16 Å². The summed E-state index contributed by atoms with van der Waals surface area (Å²) >= 11 is 0. The average molecular weight is 420 g/mol. The summed E-state index contributed by atoms with van der Waals surface area (Å²) in [5.74, 6) is 0.133. The van der Waals surface area contributed by atoms with Gasteiger partial charge in [-0.15, -0.1) is 0 Å². The number of aliphatic hydroxyl groups is 4. The molecule has 4 N–H and O–H groups in total. The van der Waals surface area contributed by atoms with Crippen LogP contribution in [0.25, 0.3) is 22.6 Å². The highest BCUT2D eigenvalue weighted by Gasteiger charge is 2.27. The maximum absolute atomic E-state index is 13.2. The SMILES string of the molecule is COCc1noc(-c2nc3cc(C)c(C)cc3n(C[C@H](O)[C@H](O)[C@H](O)CO)c2=O)n1. The van der Waals surface area contributed by atoms with E-state index in [0.717, 1.165) is 11.1 Å². The van der Waals surface area contributed by atoms with Gasteiger partial charge >= 0.3 is 0 Å². The third-order valence-electron chi connectivity index (χ3n) is 4.85. The summed E-state index contributed by atoms with van der Waals surface area (Å²) in [5.41, 5.74) is 1.97. The second-order valence-corrected chi connectivity index (χ2v) is 7.06. The molecule has 0 spiro atoms. The lowest BCUT2D eigenvalue weighted by Crippen LogP contribution is -2.43. The van der Waals surface area contributed by atoms with E-state index in [1.165, 1.54) is 11.7 Å². The van der Waals surface area contributed by atoms with Crippen LogP contribution in [-0.2, 0) is 17.9 Å². The Morgan fingerprint density at radius 3 is 2.50 bits per heavy atom. The first-order valence-electron chi connectivity index (χ1n) is 9.25. The van der Waals surface area contributed by atoms with Gasteiger partial charge in [0.05, 0.1) is 24.2 Å². The Hall–Kier alpha value is -2.70. The first-order valence-corrected chi connectivity index (χ1v) is 9.25. The molecule has 1 aromatic carbocycles. The van der Waals surface area contributed by atoms with Gasteiger partial charge in [-0.3, -0.25) is 4.79 Å². The first kappa shape index (κ1) is 22.0. The molecule has 0 aliphatic heterocycles. The number of aliphatic hydroxyl groups excluding tert-OH is 4. The number of hydrogen-bond donors (Lipinski definition) is 4. The number of hydrogen-bond acceptors (Lipinski definition) is 10. The molecule has 0 aliphatic carbocycles. The fraction of sp³-hybridized carbons (Fsp3) is 0.474. The van der Waals surface area contributed by atoms with Gasteiger partial charge in [-0.2, -0.15) is 4.98 Å². The molecule has 3 rings (SSSR count). The molecule has 0 saturated heterocycles. The van der Waals surface area contributed by atoms with E-state index in [1.807, 2.05) is 13.8 Å². The van der Waals surface area contributed by atoms with Gasteiger partial charge in [0.2, 0.25) is 0 Å². The Kier molecular flexibility index (Phi) is 6.58. The van der Waals surface area contributed by atoms with Crippen molar-refractivity contribution >= 4 is 11.0 Å². The number of aryl methyl sites for hydroxylation is 2. The second-order valence-electron chi connectivity index (χ2n) is 7.06. The van der Waals surface area contributed by atoms with E-state index in [1.54, 1.807) is 12.1 Å². The van der Waals surface area contributed by atoms with Crippen molar-refractivity contribution < 1.29 is 29.7 Å². The van der Waals surface area contributed by atoms with E-state index < -0.39 is 30.5 Å². The zero-order valence-corrected chi connectivity index (χ0v) is 16.8. The molecule has 162 valence electrons. The summed E-state index contributed by atoms with van der Waals surface area (Å²) in [4.78, 5) is 21.7. The zero-order valence-electron chi connectivity index (χ0n) is 16.8. The van der Waals surface area contributed by atoms with Crippen molar-refractivity contribution in [2.45, 2.75) is 45.3 Å². The highest BCUT2D eigenvalue weighted by molar-refractivity contribution is 5.78. The summed E-state index contributed by atoms with van der Waals surface area (Å²) in [6.07, 6.45) is -4.74. The van der Waals surface area contributed by atoms with Crippen LogP contribution in [-0.4, -0.2) is 72.1 Å².